The van der Waals surface area contributed by atoms with Gasteiger partial charge >= 0.3 is 6.41 Å². The number of nitrogens with one attached hydrogen (secondary N) is 1. The van der Waals surface area contributed by atoms with E-state index in [0.717, 1.165) is 32.1 Å². The molecule has 1 rings (SSSR count). The number of hydrogen-bond acceptors (Lipinski definition) is 2. The lowest BCUT2D eigenvalue weighted by Crippen LogP contribution is -2.54. The number of nitrogens with zero attached hydrogens (tertiary/aromatic N) is 1. The van der Waals surface area contributed by atoms with Crippen LogP contribution in [0.15, 0.2) is 0 Å². The zero-order valence-corrected chi connectivity index (χ0v) is 7.17. The van der Waals surface area contributed by atoms with E-state index in [1.54, 1.807) is 13.5 Å². The maximum atomic E-state index is 10.5. The highest BCUT2D eigenvalue weighted by molar-refractivity contribution is 5.53. The van der Waals surface area contributed by atoms with Gasteiger partial charge in [-0.1, -0.05) is 0 Å². The van der Waals surface area contributed by atoms with Crippen molar-refractivity contribution < 1.29 is 9.59 Å². The molecule has 12 heavy (non-hydrogen) atoms. The molecule has 4 nitrogen and oxygen atoms in total. The zero-order chi connectivity index (χ0) is 9.03. The van der Waals surface area contributed by atoms with E-state index in [2.05, 4.69) is 5.32 Å². The molecule has 2 amide bonds. The van der Waals surface area contributed by atoms with Crippen molar-refractivity contribution in [1.82, 2.24) is 10.2 Å². The Bertz CT molecular complexity index is 176. The fraction of sp³-hybridized carbons (Fsp3) is 0.750. The van der Waals surface area contributed by atoms with Gasteiger partial charge in [-0.25, -0.2) is 0 Å². The molecule has 0 heterocycles. The van der Waals surface area contributed by atoms with Crippen LogP contribution in [0.4, 0.5) is 0 Å². The second-order valence-corrected chi connectivity index (χ2v) is 3.18. The Morgan fingerprint density at radius 3 is 2.50 bits per heavy atom. The van der Waals surface area contributed by atoms with Crippen molar-refractivity contribution in [2.75, 3.05) is 7.05 Å². The van der Waals surface area contributed by atoms with E-state index in [1.165, 1.54) is 4.90 Å². The first-order valence-corrected chi connectivity index (χ1v) is 4.08. The van der Waals surface area contributed by atoms with Crippen LogP contribution in [0.5, 0.6) is 0 Å². The van der Waals surface area contributed by atoms with Gasteiger partial charge < -0.3 is 10.2 Å². The summed E-state index contributed by atoms with van der Waals surface area (Å²) in [5.74, 6) is 0. The Labute approximate surface area is 71.9 Å². The number of rotatable bonds is 4. The molecule has 0 saturated heterocycles. The minimum absolute atomic E-state index is 0.455. The van der Waals surface area contributed by atoms with Crippen molar-refractivity contribution in [1.29, 1.82) is 0 Å². The van der Waals surface area contributed by atoms with Gasteiger partial charge in [0.05, 0.1) is 0 Å². The number of amides is 2. The maximum Gasteiger partial charge on any atom is 0.311 e. The van der Waals surface area contributed by atoms with Gasteiger partial charge in [-0.2, -0.15) is 0 Å². The minimum Gasteiger partial charge on any atom is -0.325 e. The predicted molar refractivity (Wildman–Crippen MR) is 43.9 cm³/mol. The predicted octanol–water partition coefficient (Wildman–Crippen LogP) is 0.00170. The first-order valence-electron chi connectivity index (χ1n) is 4.08. The molecular weight excluding hydrogens is 156 g/mol. The molecule has 0 aliphatic heterocycles. The standard InChI is InChI=1S/C8H13N2O2/c1-10(7-12)8(9-6-11)4-2-3-5-8/h7H,2-5H2,1H3,(H,9,11). The average Bonchev–Trinajstić information content (AvgIpc) is 2.53. The maximum absolute atomic E-state index is 10.5. The average molecular weight is 169 g/mol. The second kappa shape index (κ2) is 3.56. The van der Waals surface area contributed by atoms with Gasteiger partial charge in [0.2, 0.25) is 6.41 Å². The molecule has 0 atom stereocenters. The monoisotopic (exact) mass is 169 g/mol. The molecule has 1 radical (unpaired) electrons. The molecule has 0 bridgehead atoms. The Morgan fingerprint density at radius 2 is 2.08 bits per heavy atom. The third kappa shape index (κ3) is 1.42. The van der Waals surface area contributed by atoms with Crippen LogP contribution in [0.3, 0.4) is 0 Å². The summed E-state index contributed by atoms with van der Waals surface area (Å²) in [6.45, 7) is 0. The fourth-order valence-electron chi connectivity index (χ4n) is 1.72. The highest BCUT2D eigenvalue weighted by Crippen LogP contribution is 2.30. The summed E-state index contributed by atoms with van der Waals surface area (Å²) in [6, 6.07) is 0. The van der Waals surface area contributed by atoms with Gasteiger partial charge in [0.25, 0.3) is 0 Å². The Hall–Kier alpha value is -1.06. The zero-order valence-electron chi connectivity index (χ0n) is 7.17. The molecular formula is C8H13N2O2. The summed E-state index contributed by atoms with van der Waals surface area (Å²) in [5.41, 5.74) is -0.455. The fourth-order valence-corrected chi connectivity index (χ4v) is 1.72. The lowest BCUT2D eigenvalue weighted by Gasteiger charge is -2.35. The molecule has 4 heteroatoms. The molecule has 1 aliphatic rings. The first kappa shape index (κ1) is 9.03. The first-order chi connectivity index (χ1) is 5.75. The van der Waals surface area contributed by atoms with Crippen molar-refractivity contribution in [3.8, 4) is 0 Å². The molecule has 0 spiro atoms. The van der Waals surface area contributed by atoms with Crippen LogP contribution in [0.1, 0.15) is 25.7 Å². The van der Waals surface area contributed by atoms with E-state index in [1.807, 2.05) is 0 Å². The lowest BCUT2D eigenvalue weighted by atomic mass is 10.1. The molecule has 0 aromatic heterocycles. The van der Waals surface area contributed by atoms with Gasteiger partial charge in [-0.05, 0) is 25.7 Å². The van der Waals surface area contributed by atoms with Crippen LogP contribution in [0.25, 0.3) is 0 Å². The van der Waals surface area contributed by atoms with E-state index in [0.29, 0.717) is 0 Å². The topological polar surface area (TPSA) is 49.4 Å². The molecule has 1 N–H and O–H groups in total. The van der Waals surface area contributed by atoms with Crippen molar-refractivity contribution in [2.24, 2.45) is 0 Å². The van der Waals surface area contributed by atoms with Crippen molar-refractivity contribution in [3.05, 3.63) is 0 Å². The van der Waals surface area contributed by atoms with Crippen LogP contribution in [-0.2, 0) is 9.59 Å². The molecule has 67 valence electrons. The smallest absolute Gasteiger partial charge is 0.311 e. The van der Waals surface area contributed by atoms with E-state index in [9.17, 15) is 9.59 Å². The van der Waals surface area contributed by atoms with Gasteiger partial charge in [0, 0.05) is 7.05 Å². The van der Waals surface area contributed by atoms with Crippen molar-refractivity contribution >= 4 is 12.8 Å². The van der Waals surface area contributed by atoms with Crippen LogP contribution >= 0.6 is 0 Å². The van der Waals surface area contributed by atoms with Crippen molar-refractivity contribution in [2.45, 2.75) is 31.3 Å². The van der Waals surface area contributed by atoms with Crippen molar-refractivity contribution in [3.63, 3.8) is 0 Å². The third-order valence-electron chi connectivity index (χ3n) is 2.55. The quantitative estimate of drug-likeness (QED) is 0.366. The summed E-state index contributed by atoms with van der Waals surface area (Å²) in [6.07, 6.45) is 6.17. The molecule has 1 fully saturated rings. The molecule has 0 aromatic carbocycles. The highest BCUT2D eigenvalue weighted by atomic mass is 16.1. The summed E-state index contributed by atoms with van der Waals surface area (Å²) in [7, 11) is 1.68. The highest BCUT2D eigenvalue weighted by Gasteiger charge is 2.36. The number of carbonyl (C=O) groups is 1. The molecule has 0 aromatic rings. The molecule has 1 saturated carbocycles. The normalized spacial score (nSPS) is 20.1. The second-order valence-electron chi connectivity index (χ2n) is 3.18. The summed E-state index contributed by atoms with van der Waals surface area (Å²) >= 11 is 0. The van der Waals surface area contributed by atoms with E-state index < -0.39 is 5.66 Å². The Balaban J connectivity index is 2.69. The molecule has 1 aliphatic carbocycles. The summed E-state index contributed by atoms with van der Waals surface area (Å²) < 4.78 is 0. The van der Waals surface area contributed by atoms with Crippen LogP contribution in [0, 0.1) is 0 Å². The van der Waals surface area contributed by atoms with Crippen LogP contribution < -0.4 is 5.32 Å². The van der Waals surface area contributed by atoms with Crippen LogP contribution in [0.2, 0.25) is 0 Å². The summed E-state index contributed by atoms with van der Waals surface area (Å²) in [5, 5.41) is 2.60. The lowest BCUT2D eigenvalue weighted by molar-refractivity contribution is -0.122. The van der Waals surface area contributed by atoms with Gasteiger partial charge in [-0.3, -0.25) is 9.59 Å². The number of hydrogen-bond donors (Lipinski definition) is 1. The SMILES string of the molecule is CN(C=O)C1(N[C]=O)CCCC1. The van der Waals surface area contributed by atoms with Gasteiger partial charge in [0.1, 0.15) is 5.66 Å². The Morgan fingerprint density at radius 1 is 1.50 bits per heavy atom. The van der Waals surface area contributed by atoms with E-state index >= 15 is 0 Å². The van der Waals surface area contributed by atoms with Gasteiger partial charge in [0.15, 0.2) is 0 Å². The van der Waals surface area contributed by atoms with E-state index in [4.69, 9.17) is 0 Å². The van der Waals surface area contributed by atoms with Gasteiger partial charge in [-0.15, -0.1) is 0 Å². The number of carbonyl (C=O) groups excluding carboxylic acids is 2. The van der Waals surface area contributed by atoms with E-state index in [-0.39, 0.29) is 0 Å². The minimum atomic E-state index is -0.455. The summed E-state index contributed by atoms with van der Waals surface area (Å²) in [4.78, 5) is 22.3. The van der Waals surface area contributed by atoms with Crippen LogP contribution in [-0.4, -0.2) is 30.4 Å². The molecule has 0 unspecified atom stereocenters. The Kier molecular flexibility index (Phi) is 2.68. The third-order valence-corrected chi connectivity index (χ3v) is 2.55. The largest absolute Gasteiger partial charge is 0.325 e.